The maximum atomic E-state index is 8.07. The molecule has 0 heterocycles. The molecule has 1 nitrogen and oxygen atoms in total. The highest BCUT2D eigenvalue weighted by Gasteiger charge is 2.00. The van der Waals surface area contributed by atoms with Crippen LogP contribution in [-0.2, 0) is 0 Å². The second-order valence-corrected chi connectivity index (χ2v) is 7.76. The Morgan fingerprint density at radius 1 is 1.33 bits per heavy atom. The molecule has 0 saturated heterocycles. The Kier molecular flexibility index (Phi) is 17.4. The van der Waals surface area contributed by atoms with Crippen molar-refractivity contribution in [2.75, 3.05) is 6.61 Å². The van der Waals surface area contributed by atoms with Crippen molar-refractivity contribution in [3.63, 3.8) is 0 Å². The molecular weight excluding hydrogens is 197 g/mol. The topological polar surface area (TPSA) is 20.2 Å². The van der Waals surface area contributed by atoms with Crippen LogP contribution < -0.4 is 0 Å². The predicted octanol–water partition coefficient (Wildman–Crippen LogP) is 2.47. The van der Waals surface area contributed by atoms with Crippen LogP contribution in [0.1, 0.15) is 19.8 Å². The Labute approximate surface area is 72.9 Å². The van der Waals surface area contributed by atoms with Gasteiger partial charge >= 0.3 is 11.4 Å². The summed E-state index contributed by atoms with van der Waals surface area (Å²) in [6.07, 6.45) is 2.04. The van der Waals surface area contributed by atoms with Crippen molar-refractivity contribution in [3.8, 4) is 0 Å². The summed E-state index contributed by atoms with van der Waals surface area (Å²) in [7, 11) is 14.8. The fourth-order valence-electron chi connectivity index (χ4n) is 0.158. The summed E-state index contributed by atoms with van der Waals surface area (Å²) in [6.45, 7) is 2.40. The van der Waals surface area contributed by atoms with Gasteiger partial charge in [0.05, 0.1) is 0 Å². The Morgan fingerprint density at radius 2 is 1.67 bits per heavy atom. The molecule has 0 aliphatic rings. The zero-order valence-corrected chi connectivity index (χ0v) is 8.70. The van der Waals surface area contributed by atoms with Gasteiger partial charge in [0, 0.05) is 6.61 Å². The fourth-order valence-corrected chi connectivity index (χ4v) is 0.158. The van der Waals surface area contributed by atoms with Crippen molar-refractivity contribution < 1.29 is 5.11 Å². The molecule has 9 heavy (non-hydrogen) atoms. The average molecular weight is 207 g/mol. The first-order chi connectivity index (χ1) is 4.15. The molecule has 1 N–H and O–H groups in total. The van der Waals surface area contributed by atoms with Gasteiger partial charge in [-0.3, -0.25) is 0 Å². The van der Waals surface area contributed by atoms with E-state index in [2.05, 4.69) is 6.92 Å². The summed E-state index contributed by atoms with van der Waals surface area (Å²) in [5.74, 6) is 0. The molecule has 0 spiro atoms. The lowest BCUT2D eigenvalue weighted by molar-refractivity contribution is 0.287. The monoisotopic (exact) mass is 206 g/mol. The van der Waals surface area contributed by atoms with E-state index in [1.807, 2.05) is 0 Å². The summed E-state index contributed by atoms with van der Waals surface area (Å²) in [6, 6.07) is 0. The second kappa shape index (κ2) is 12.1. The SMILES string of the molecule is CCCCO.[Cl][Al]([Cl])[Cl]. The normalized spacial score (nSPS) is 7.67. The van der Waals surface area contributed by atoms with Gasteiger partial charge in [-0.1, -0.05) is 13.3 Å². The van der Waals surface area contributed by atoms with Crippen molar-refractivity contribution >= 4 is 41.5 Å². The van der Waals surface area contributed by atoms with E-state index in [-0.39, 0.29) is 0 Å². The van der Waals surface area contributed by atoms with Crippen molar-refractivity contribution in [2.45, 2.75) is 19.8 Å². The molecule has 0 aromatic heterocycles. The van der Waals surface area contributed by atoms with Gasteiger partial charge < -0.3 is 5.11 Å². The third-order valence-electron chi connectivity index (χ3n) is 0.512. The molecule has 0 aliphatic carbocycles. The first-order valence-corrected chi connectivity index (χ1v) is 7.92. The third kappa shape index (κ3) is 44.9. The Bertz CT molecular complexity index is 40.0. The zero-order valence-electron chi connectivity index (χ0n) is 5.28. The van der Waals surface area contributed by atoms with Gasteiger partial charge in [-0.2, -0.15) is 0 Å². The van der Waals surface area contributed by atoms with E-state index in [1.165, 1.54) is 0 Å². The molecule has 0 aromatic rings. The molecule has 0 atom stereocenters. The quantitative estimate of drug-likeness (QED) is 0.690. The van der Waals surface area contributed by atoms with Gasteiger partial charge in [-0.25, -0.2) is 30.1 Å². The summed E-state index contributed by atoms with van der Waals surface area (Å²) < 4.78 is 0. The molecule has 0 rings (SSSR count). The Morgan fingerprint density at radius 3 is 1.67 bits per heavy atom. The number of rotatable bonds is 2. The minimum Gasteiger partial charge on any atom is -0.396 e. The van der Waals surface area contributed by atoms with E-state index in [1.54, 1.807) is 0 Å². The molecule has 0 saturated carbocycles. The number of unbranched alkanes of at least 4 members (excludes halogenated alkanes) is 1. The first-order valence-electron chi connectivity index (χ1n) is 2.68. The third-order valence-corrected chi connectivity index (χ3v) is 0.512. The van der Waals surface area contributed by atoms with Gasteiger partial charge in [-0.15, -0.1) is 0 Å². The summed E-state index contributed by atoms with van der Waals surface area (Å²) in [5, 5.41) is 8.07. The van der Waals surface area contributed by atoms with Crippen LogP contribution in [0.15, 0.2) is 0 Å². The summed E-state index contributed by atoms with van der Waals surface area (Å²) in [4.78, 5) is 0. The number of hydrogen-bond acceptors (Lipinski definition) is 1. The number of halogens is 3. The van der Waals surface area contributed by atoms with Crippen LogP contribution >= 0.6 is 30.1 Å². The lowest BCUT2D eigenvalue weighted by Gasteiger charge is -1.79. The van der Waals surface area contributed by atoms with Crippen LogP contribution in [0.4, 0.5) is 0 Å². The molecule has 0 unspecified atom stereocenters. The summed E-state index contributed by atoms with van der Waals surface area (Å²) in [5.41, 5.74) is 0. The lowest BCUT2D eigenvalue weighted by atomic mass is 10.4. The highest BCUT2D eigenvalue weighted by atomic mass is 35.8. The number of aliphatic hydroxyl groups excluding tert-OH is 1. The molecule has 0 amide bonds. The van der Waals surface area contributed by atoms with E-state index in [4.69, 9.17) is 35.3 Å². The van der Waals surface area contributed by atoms with Crippen LogP contribution in [0.5, 0.6) is 0 Å². The van der Waals surface area contributed by atoms with Gasteiger partial charge in [0.1, 0.15) is 0 Å². The van der Waals surface area contributed by atoms with Gasteiger partial charge in [0.15, 0.2) is 0 Å². The minimum atomic E-state index is -1.72. The van der Waals surface area contributed by atoms with Crippen LogP contribution in [0.25, 0.3) is 0 Å². The first kappa shape index (κ1) is 13.0. The summed E-state index contributed by atoms with van der Waals surface area (Å²) >= 11 is -1.72. The van der Waals surface area contributed by atoms with Crippen LogP contribution in [-0.4, -0.2) is 23.1 Å². The van der Waals surface area contributed by atoms with Crippen molar-refractivity contribution in [1.29, 1.82) is 0 Å². The smallest absolute Gasteiger partial charge is 0.396 e. The molecular formula is C4H10AlCl3O. The van der Waals surface area contributed by atoms with Crippen LogP contribution in [0.2, 0.25) is 0 Å². The zero-order chi connectivity index (χ0) is 7.70. The maximum absolute atomic E-state index is 8.07. The van der Waals surface area contributed by atoms with Crippen LogP contribution in [0, 0.1) is 0 Å². The van der Waals surface area contributed by atoms with Gasteiger partial charge in [0.25, 0.3) is 0 Å². The van der Waals surface area contributed by atoms with Crippen molar-refractivity contribution in [1.82, 2.24) is 0 Å². The largest absolute Gasteiger partial charge is 0.643 e. The molecule has 0 aliphatic heterocycles. The highest BCUT2D eigenvalue weighted by molar-refractivity contribution is 7.54. The van der Waals surface area contributed by atoms with Gasteiger partial charge in [0.2, 0.25) is 0 Å². The Balaban J connectivity index is 0. The second-order valence-electron chi connectivity index (χ2n) is 1.32. The Hall–Kier alpha value is 1.36. The van der Waals surface area contributed by atoms with E-state index < -0.39 is 11.4 Å². The average Bonchev–Trinajstić information content (AvgIpc) is 1.66. The van der Waals surface area contributed by atoms with Gasteiger partial charge in [-0.05, 0) is 6.42 Å². The van der Waals surface area contributed by atoms with E-state index in [9.17, 15) is 0 Å². The highest BCUT2D eigenvalue weighted by Crippen LogP contribution is 1.97. The van der Waals surface area contributed by atoms with Crippen molar-refractivity contribution in [3.05, 3.63) is 0 Å². The number of aliphatic hydroxyl groups is 1. The standard InChI is InChI=1S/C4H10O.Al.3ClH/c1-2-3-4-5;;;;/h5H,2-4H2,1H3;;3*1H/q;+3;;;/p-3. The van der Waals surface area contributed by atoms with Crippen LogP contribution in [0.3, 0.4) is 0 Å². The number of hydrogen-bond donors (Lipinski definition) is 1. The molecule has 0 aromatic carbocycles. The minimum absolute atomic E-state index is 0.344. The molecule has 0 bridgehead atoms. The predicted molar refractivity (Wildman–Crippen MR) is 45.3 cm³/mol. The maximum Gasteiger partial charge on any atom is 0.643 e. The molecule has 0 fully saturated rings. The molecule has 56 valence electrons. The molecule has 5 heteroatoms. The van der Waals surface area contributed by atoms with E-state index in [0.717, 1.165) is 12.8 Å². The van der Waals surface area contributed by atoms with E-state index in [0.29, 0.717) is 6.61 Å². The lowest BCUT2D eigenvalue weighted by Crippen LogP contribution is -1.75. The molecule has 0 radical (unpaired) electrons. The van der Waals surface area contributed by atoms with Crippen molar-refractivity contribution in [2.24, 2.45) is 0 Å². The fraction of sp³-hybridized carbons (Fsp3) is 1.00. The van der Waals surface area contributed by atoms with E-state index >= 15 is 0 Å².